The highest BCUT2D eigenvalue weighted by Gasteiger charge is 2.57. The molecular formula is C22H32N2O2. The molecule has 1 aliphatic carbocycles. The number of amides is 1. The van der Waals surface area contributed by atoms with Crippen molar-refractivity contribution in [3.8, 4) is 5.75 Å². The van der Waals surface area contributed by atoms with Gasteiger partial charge in [0.15, 0.2) is 0 Å². The van der Waals surface area contributed by atoms with Crippen molar-refractivity contribution < 1.29 is 9.90 Å². The molecule has 1 aromatic carbocycles. The van der Waals surface area contributed by atoms with Crippen LogP contribution in [-0.2, 0) is 16.6 Å². The number of likely N-dealkylation sites (N-methyl/N-ethyl adjacent to an activating group) is 1. The molecule has 2 fully saturated rings. The zero-order chi connectivity index (χ0) is 18.7. The molecule has 3 aliphatic rings. The minimum Gasteiger partial charge on any atom is -0.508 e. The molecule has 26 heavy (non-hydrogen) atoms. The fourth-order valence-corrected chi connectivity index (χ4v) is 5.77. The van der Waals surface area contributed by atoms with Crippen LogP contribution in [0.3, 0.4) is 0 Å². The molecule has 0 aromatic heterocycles. The Morgan fingerprint density at radius 2 is 1.96 bits per heavy atom. The van der Waals surface area contributed by atoms with Gasteiger partial charge in [-0.15, -0.1) is 0 Å². The van der Waals surface area contributed by atoms with Gasteiger partial charge < -0.3 is 10.0 Å². The molecule has 1 aromatic rings. The first-order chi connectivity index (χ1) is 12.3. The third-order valence-electron chi connectivity index (χ3n) is 7.97. The predicted octanol–water partition coefficient (Wildman–Crippen LogP) is 3.32. The first kappa shape index (κ1) is 17.8. The second-order valence-electron chi connectivity index (χ2n) is 9.35. The summed E-state index contributed by atoms with van der Waals surface area (Å²) in [7, 11) is 2.09. The van der Waals surface area contributed by atoms with E-state index in [2.05, 4.69) is 43.7 Å². The lowest BCUT2D eigenvalue weighted by Gasteiger charge is -2.61. The molecular weight excluding hydrogens is 324 g/mol. The Morgan fingerprint density at radius 1 is 1.19 bits per heavy atom. The number of phenolic OH excluding ortho intramolecular Hbond substituents is 1. The van der Waals surface area contributed by atoms with Crippen molar-refractivity contribution in [3.05, 3.63) is 29.3 Å². The number of hydrogen-bond donors (Lipinski definition) is 1. The third kappa shape index (κ3) is 2.34. The molecule has 4 nitrogen and oxygen atoms in total. The molecule has 1 amide bonds. The van der Waals surface area contributed by atoms with Gasteiger partial charge in [-0.3, -0.25) is 9.69 Å². The number of phenols is 1. The highest BCUT2D eigenvalue weighted by molar-refractivity contribution is 5.83. The van der Waals surface area contributed by atoms with Gasteiger partial charge in [-0.25, -0.2) is 0 Å². The summed E-state index contributed by atoms with van der Waals surface area (Å²) in [5, 5.41) is 10.5. The third-order valence-corrected chi connectivity index (χ3v) is 7.97. The van der Waals surface area contributed by atoms with Crippen LogP contribution in [0.15, 0.2) is 18.2 Å². The number of nitrogens with zero attached hydrogens (tertiary/aromatic N) is 2. The molecule has 0 spiro atoms. The Labute approximate surface area is 157 Å². The van der Waals surface area contributed by atoms with E-state index in [1.165, 1.54) is 12.0 Å². The van der Waals surface area contributed by atoms with E-state index < -0.39 is 0 Å². The normalized spacial score (nSPS) is 33.6. The fraction of sp³-hybridized carbons (Fsp3) is 0.682. The van der Waals surface area contributed by atoms with E-state index in [-0.39, 0.29) is 22.9 Å². The molecule has 1 unspecified atom stereocenters. The zero-order valence-corrected chi connectivity index (χ0v) is 16.6. The van der Waals surface area contributed by atoms with Gasteiger partial charge in [-0.1, -0.05) is 39.3 Å². The van der Waals surface area contributed by atoms with E-state index in [1.54, 1.807) is 6.07 Å². The van der Waals surface area contributed by atoms with Gasteiger partial charge in [0, 0.05) is 18.0 Å². The highest BCUT2D eigenvalue weighted by atomic mass is 16.3. The summed E-state index contributed by atoms with van der Waals surface area (Å²) in [4.78, 5) is 17.9. The van der Waals surface area contributed by atoms with E-state index in [0.29, 0.717) is 11.7 Å². The number of carbonyl (C=O) groups is 1. The number of rotatable bonds is 1. The molecule has 2 aliphatic heterocycles. The molecule has 2 saturated heterocycles. The molecule has 0 radical (unpaired) electrons. The molecule has 4 rings (SSSR count). The Hall–Kier alpha value is -1.55. The Bertz CT molecular complexity index is 729. The smallest absolute Gasteiger partial charge is 0.240 e. The summed E-state index contributed by atoms with van der Waals surface area (Å²) in [6.45, 7) is 8.79. The maximum atomic E-state index is 13.5. The van der Waals surface area contributed by atoms with Crippen molar-refractivity contribution in [2.24, 2.45) is 5.41 Å². The van der Waals surface area contributed by atoms with Crippen molar-refractivity contribution in [2.75, 3.05) is 20.1 Å². The SMILES string of the molecule is CN1CCCCC1C(=O)N1CC[C@@]2(C)c3cccc(O)c3C[C@@H]1C2(C)C. The predicted molar refractivity (Wildman–Crippen MR) is 103 cm³/mol. The summed E-state index contributed by atoms with van der Waals surface area (Å²) >= 11 is 0. The van der Waals surface area contributed by atoms with Crippen molar-refractivity contribution in [1.82, 2.24) is 9.80 Å². The molecule has 3 atom stereocenters. The van der Waals surface area contributed by atoms with Crippen LogP contribution in [0, 0.1) is 5.41 Å². The van der Waals surface area contributed by atoms with Crippen LogP contribution in [0.4, 0.5) is 0 Å². The topological polar surface area (TPSA) is 43.8 Å². The second-order valence-corrected chi connectivity index (χ2v) is 9.35. The van der Waals surface area contributed by atoms with Gasteiger partial charge in [-0.2, -0.15) is 0 Å². The standard InChI is InChI=1S/C22H32N2O2/c1-21(2)19-14-15-16(8-7-10-18(15)25)22(21,3)11-13-24(19)20(26)17-9-5-6-12-23(17)4/h7-8,10,17,19,25H,5-6,9,11-14H2,1-4H3/t17?,19-,22+/m1/s1. The molecule has 2 bridgehead atoms. The molecule has 142 valence electrons. The van der Waals surface area contributed by atoms with Crippen molar-refractivity contribution in [1.29, 1.82) is 0 Å². The van der Waals surface area contributed by atoms with Gasteiger partial charge in [0.25, 0.3) is 0 Å². The van der Waals surface area contributed by atoms with E-state index in [9.17, 15) is 9.90 Å². The average Bonchev–Trinajstić information content (AvgIpc) is 2.59. The largest absolute Gasteiger partial charge is 0.508 e. The first-order valence-corrected chi connectivity index (χ1v) is 10.1. The number of piperidine rings is 2. The lowest BCUT2D eigenvalue weighted by atomic mass is 9.51. The Morgan fingerprint density at radius 3 is 2.69 bits per heavy atom. The second kappa shape index (κ2) is 5.98. The van der Waals surface area contributed by atoms with Gasteiger partial charge in [0.1, 0.15) is 5.75 Å². The van der Waals surface area contributed by atoms with Gasteiger partial charge in [-0.05, 0) is 61.9 Å². The summed E-state index contributed by atoms with van der Waals surface area (Å²) < 4.78 is 0. The van der Waals surface area contributed by atoms with Gasteiger partial charge in [0.2, 0.25) is 5.91 Å². The van der Waals surface area contributed by atoms with Crippen LogP contribution < -0.4 is 0 Å². The molecule has 1 N–H and O–H groups in total. The minimum absolute atomic E-state index is 0.0146. The number of hydrogen-bond acceptors (Lipinski definition) is 3. The van der Waals surface area contributed by atoms with Crippen LogP contribution in [0.25, 0.3) is 0 Å². The highest BCUT2D eigenvalue weighted by Crippen LogP contribution is 2.57. The van der Waals surface area contributed by atoms with E-state index >= 15 is 0 Å². The van der Waals surface area contributed by atoms with E-state index in [0.717, 1.165) is 44.3 Å². The lowest BCUT2D eigenvalue weighted by molar-refractivity contribution is -0.150. The Balaban J connectivity index is 1.72. The van der Waals surface area contributed by atoms with Crippen LogP contribution in [0.2, 0.25) is 0 Å². The van der Waals surface area contributed by atoms with E-state index in [1.807, 2.05) is 6.07 Å². The van der Waals surface area contributed by atoms with Crippen molar-refractivity contribution >= 4 is 5.91 Å². The zero-order valence-electron chi connectivity index (χ0n) is 16.6. The minimum atomic E-state index is -0.0189. The van der Waals surface area contributed by atoms with Gasteiger partial charge in [0.05, 0.1) is 6.04 Å². The maximum absolute atomic E-state index is 13.5. The Kier molecular flexibility index (Phi) is 4.11. The van der Waals surface area contributed by atoms with Crippen molar-refractivity contribution in [2.45, 2.75) is 70.4 Å². The molecule has 2 heterocycles. The molecule has 4 heteroatoms. The molecule has 0 saturated carbocycles. The average molecular weight is 357 g/mol. The summed E-state index contributed by atoms with van der Waals surface area (Å²) in [6.07, 6.45) is 5.01. The number of fused-ring (bicyclic) bond motifs is 4. The van der Waals surface area contributed by atoms with Gasteiger partial charge >= 0.3 is 0 Å². The van der Waals surface area contributed by atoms with Crippen LogP contribution in [0.1, 0.15) is 57.6 Å². The number of carbonyl (C=O) groups excluding carboxylic acids is 1. The summed E-state index contributed by atoms with van der Waals surface area (Å²) in [5.74, 6) is 0.685. The lowest BCUT2D eigenvalue weighted by Crippen LogP contribution is -2.67. The number of benzene rings is 1. The fourth-order valence-electron chi connectivity index (χ4n) is 5.77. The van der Waals surface area contributed by atoms with Crippen LogP contribution >= 0.6 is 0 Å². The van der Waals surface area contributed by atoms with Crippen molar-refractivity contribution in [3.63, 3.8) is 0 Å². The quantitative estimate of drug-likeness (QED) is 0.839. The summed E-state index contributed by atoms with van der Waals surface area (Å²) in [6, 6.07) is 6.10. The summed E-state index contributed by atoms with van der Waals surface area (Å²) in [5.41, 5.74) is 2.29. The maximum Gasteiger partial charge on any atom is 0.240 e. The first-order valence-electron chi connectivity index (χ1n) is 10.1. The van der Waals surface area contributed by atoms with Crippen LogP contribution in [0.5, 0.6) is 5.75 Å². The number of likely N-dealkylation sites (tertiary alicyclic amines) is 2. The number of aromatic hydroxyl groups is 1. The van der Waals surface area contributed by atoms with E-state index in [4.69, 9.17) is 0 Å². The monoisotopic (exact) mass is 356 g/mol. The van der Waals surface area contributed by atoms with Crippen LogP contribution in [-0.4, -0.2) is 53.0 Å².